The lowest BCUT2D eigenvalue weighted by atomic mass is 10.0. The van der Waals surface area contributed by atoms with Gasteiger partial charge in [0.2, 0.25) is 0 Å². The number of rotatable bonds is 7. The van der Waals surface area contributed by atoms with E-state index in [-0.39, 0.29) is 17.0 Å². The smallest absolute Gasteiger partial charge is 0.335 e. The predicted octanol–water partition coefficient (Wildman–Crippen LogP) is 4.35. The second kappa shape index (κ2) is 9.45. The van der Waals surface area contributed by atoms with E-state index < -0.39 is 11.9 Å². The van der Waals surface area contributed by atoms with Crippen LogP contribution in [-0.4, -0.2) is 40.1 Å². The van der Waals surface area contributed by atoms with Crippen molar-refractivity contribution < 1.29 is 24.5 Å². The first-order valence-corrected chi connectivity index (χ1v) is 10.5. The summed E-state index contributed by atoms with van der Waals surface area (Å²) in [4.78, 5) is 24.2. The molecule has 0 aliphatic carbocycles. The number of carboxylic acids is 1. The number of amides is 1. The fraction of sp³-hybridized carbons (Fsp3) is 0.120. The molecule has 34 heavy (non-hydrogen) atoms. The molecule has 3 aromatic carbocycles. The summed E-state index contributed by atoms with van der Waals surface area (Å²) in [5.74, 6) is -0.945. The van der Waals surface area contributed by atoms with E-state index in [9.17, 15) is 14.7 Å². The highest BCUT2D eigenvalue weighted by Gasteiger charge is 2.31. The summed E-state index contributed by atoms with van der Waals surface area (Å²) in [6, 6.07) is 18.1. The number of nitrogens with zero attached hydrogens (tertiary/aromatic N) is 3. The molecule has 9 heteroatoms. The predicted molar refractivity (Wildman–Crippen MR) is 130 cm³/mol. The Balaban J connectivity index is 1.61. The first-order valence-electron chi connectivity index (χ1n) is 10.5. The fourth-order valence-electron chi connectivity index (χ4n) is 3.45. The number of phenols is 1. The number of aromatic carboxylic acids is 1. The summed E-state index contributed by atoms with van der Waals surface area (Å²) in [6.45, 7) is 4.03. The van der Waals surface area contributed by atoms with E-state index in [0.29, 0.717) is 40.6 Å². The molecule has 4 rings (SSSR count). The Bertz CT molecular complexity index is 1320. The van der Waals surface area contributed by atoms with Crippen LogP contribution in [0, 0.1) is 0 Å². The third-order valence-corrected chi connectivity index (χ3v) is 5.07. The number of phenolic OH excluding ortho intramolecular Hbond substituents is 1. The largest absolute Gasteiger partial charge is 0.508 e. The molecule has 0 bridgehead atoms. The zero-order valence-corrected chi connectivity index (χ0v) is 18.5. The zero-order chi connectivity index (χ0) is 24.2. The highest BCUT2D eigenvalue weighted by atomic mass is 16.5. The number of aromatic hydroxyl groups is 1. The van der Waals surface area contributed by atoms with E-state index in [1.54, 1.807) is 37.3 Å². The van der Waals surface area contributed by atoms with Gasteiger partial charge in [0, 0.05) is 6.07 Å². The fourth-order valence-corrected chi connectivity index (χ4v) is 3.45. The molecule has 1 aliphatic rings. The van der Waals surface area contributed by atoms with Crippen LogP contribution in [0.15, 0.2) is 76.9 Å². The summed E-state index contributed by atoms with van der Waals surface area (Å²) in [7, 11) is 0. The van der Waals surface area contributed by atoms with Gasteiger partial charge in [0.15, 0.2) is 5.71 Å². The minimum absolute atomic E-state index is 0.0652. The van der Waals surface area contributed by atoms with Gasteiger partial charge in [-0.05, 0) is 61.4 Å². The lowest BCUT2D eigenvalue weighted by molar-refractivity contribution is -0.112. The number of carbonyl (C=O) groups excluding carboxylic acids is 1. The van der Waals surface area contributed by atoms with Crippen LogP contribution in [-0.2, 0) is 4.79 Å². The van der Waals surface area contributed by atoms with Crippen molar-refractivity contribution in [2.75, 3.05) is 17.0 Å². The second-order valence-electron chi connectivity index (χ2n) is 7.42. The topological polar surface area (TPSA) is 124 Å². The van der Waals surface area contributed by atoms with Gasteiger partial charge in [-0.2, -0.15) is 15.2 Å². The van der Waals surface area contributed by atoms with Crippen molar-refractivity contribution in [1.29, 1.82) is 0 Å². The van der Waals surface area contributed by atoms with Crippen LogP contribution in [0.5, 0.6) is 11.5 Å². The quantitative estimate of drug-likeness (QED) is 0.452. The average Bonchev–Trinajstić information content (AvgIpc) is 3.11. The summed E-state index contributed by atoms with van der Waals surface area (Å²) >= 11 is 0. The van der Waals surface area contributed by atoms with Gasteiger partial charge in [-0.15, -0.1) is 0 Å². The molecule has 0 unspecified atom stereocenters. The Hall–Kier alpha value is -4.66. The summed E-state index contributed by atoms with van der Waals surface area (Å²) in [5, 5.41) is 29.1. The summed E-state index contributed by atoms with van der Waals surface area (Å²) in [6.07, 6.45) is 0. The second-order valence-corrected chi connectivity index (χ2v) is 7.42. The first kappa shape index (κ1) is 22.5. The number of hydrogen-bond acceptors (Lipinski definition) is 7. The van der Waals surface area contributed by atoms with Crippen molar-refractivity contribution in [2.45, 2.75) is 13.8 Å². The standard InChI is InChI=1S/C25H22N4O5/c1-3-34-22-7-5-4-6-21(22)26-27-23-15(2)28-29(24(23)31)19-12-18(13-20(30)14-19)16-8-10-17(11-9-16)25(32)33/h4-14,26,30H,3H2,1-2H3,(H,32,33)/b27-23+. The van der Waals surface area contributed by atoms with E-state index in [1.165, 1.54) is 29.3 Å². The molecule has 9 nitrogen and oxygen atoms in total. The van der Waals surface area contributed by atoms with Crippen LogP contribution in [0.1, 0.15) is 24.2 Å². The molecule has 0 aromatic heterocycles. The minimum atomic E-state index is -1.03. The molecule has 0 saturated heterocycles. The molecule has 1 aliphatic heterocycles. The Morgan fingerprint density at radius 2 is 1.82 bits per heavy atom. The maximum Gasteiger partial charge on any atom is 0.335 e. The summed E-state index contributed by atoms with van der Waals surface area (Å²) < 4.78 is 5.57. The first-order chi connectivity index (χ1) is 16.4. The molecule has 0 spiro atoms. The van der Waals surface area contributed by atoms with Gasteiger partial charge in [0.05, 0.1) is 29.3 Å². The number of benzene rings is 3. The number of nitrogens with one attached hydrogen (secondary N) is 1. The average molecular weight is 458 g/mol. The Morgan fingerprint density at radius 1 is 1.09 bits per heavy atom. The van der Waals surface area contributed by atoms with Crippen LogP contribution < -0.4 is 15.2 Å². The van der Waals surface area contributed by atoms with Crippen molar-refractivity contribution >= 4 is 34.7 Å². The molecular weight excluding hydrogens is 436 g/mol. The van der Waals surface area contributed by atoms with Crippen LogP contribution in [0.25, 0.3) is 11.1 Å². The highest BCUT2D eigenvalue weighted by Crippen LogP contribution is 2.32. The molecule has 0 radical (unpaired) electrons. The van der Waals surface area contributed by atoms with E-state index in [2.05, 4.69) is 15.6 Å². The normalized spacial score (nSPS) is 14.3. The van der Waals surface area contributed by atoms with Gasteiger partial charge < -0.3 is 14.9 Å². The number of anilines is 2. The number of hydrogen-bond donors (Lipinski definition) is 3. The molecule has 0 saturated carbocycles. The van der Waals surface area contributed by atoms with Crippen LogP contribution in [0.2, 0.25) is 0 Å². The third kappa shape index (κ3) is 4.58. The maximum atomic E-state index is 13.1. The van der Waals surface area contributed by atoms with Crippen LogP contribution >= 0.6 is 0 Å². The van der Waals surface area contributed by atoms with Gasteiger partial charge >= 0.3 is 11.9 Å². The minimum Gasteiger partial charge on any atom is -0.508 e. The molecule has 1 amide bonds. The van der Waals surface area contributed by atoms with Crippen molar-refractivity contribution in [2.24, 2.45) is 10.2 Å². The van der Waals surface area contributed by atoms with Gasteiger partial charge in [0.25, 0.3) is 0 Å². The molecule has 0 atom stereocenters. The molecule has 0 fully saturated rings. The monoisotopic (exact) mass is 458 g/mol. The Morgan fingerprint density at radius 3 is 2.53 bits per heavy atom. The molecule has 1 heterocycles. The van der Waals surface area contributed by atoms with E-state index >= 15 is 0 Å². The summed E-state index contributed by atoms with van der Waals surface area (Å²) in [5.41, 5.74) is 5.79. The van der Waals surface area contributed by atoms with Gasteiger partial charge in [-0.3, -0.25) is 10.2 Å². The van der Waals surface area contributed by atoms with Crippen molar-refractivity contribution in [1.82, 2.24) is 0 Å². The maximum absolute atomic E-state index is 13.1. The van der Waals surface area contributed by atoms with Crippen molar-refractivity contribution in [3.05, 3.63) is 72.3 Å². The molecule has 3 N–H and O–H groups in total. The molecule has 3 aromatic rings. The van der Waals surface area contributed by atoms with E-state index in [1.807, 2.05) is 19.1 Å². The molecular formula is C25H22N4O5. The Labute approximate surface area is 195 Å². The van der Waals surface area contributed by atoms with Gasteiger partial charge in [-0.25, -0.2) is 4.79 Å². The SMILES string of the molecule is CCOc1ccccc1N/N=C1/C(=O)N(c2cc(O)cc(-c3ccc(C(=O)O)cc3)c2)N=C1C. The van der Waals surface area contributed by atoms with E-state index in [4.69, 9.17) is 9.84 Å². The van der Waals surface area contributed by atoms with Crippen LogP contribution in [0.4, 0.5) is 11.4 Å². The van der Waals surface area contributed by atoms with E-state index in [0.717, 1.165) is 0 Å². The van der Waals surface area contributed by atoms with Crippen molar-refractivity contribution in [3.63, 3.8) is 0 Å². The lowest BCUT2D eigenvalue weighted by Gasteiger charge is -2.14. The number of carboxylic acid groups (broad SMARTS) is 1. The van der Waals surface area contributed by atoms with Crippen LogP contribution in [0.3, 0.4) is 0 Å². The highest BCUT2D eigenvalue weighted by molar-refractivity contribution is 6.71. The number of ether oxygens (including phenoxy) is 1. The zero-order valence-electron chi connectivity index (χ0n) is 18.5. The Kier molecular flexibility index (Phi) is 6.26. The van der Waals surface area contributed by atoms with Crippen molar-refractivity contribution in [3.8, 4) is 22.6 Å². The number of carbonyl (C=O) groups is 2. The number of para-hydroxylation sites is 2. The van der Waals surface area contributed by atoms with Gasteiger partial charge in [-0.1, -0.05) is 24.3 Å². The third-order valence-electron chi connectivity index (χ3n) is 5.07. The van der Waals surface area contributed by atoms with Gasteiger partial charge in [0.1, 0.15) is 11.5 Å². The molecule has 172 valence electrons. The lowest BCUT2D eigenvalue weighted by Crippen LogP contribution is -2.28. The number of hydrazone groups is 2.